The van der Waals surface area contributed by atoms with E-state index < -0.39 is 0 Å². The highest BCUT2D eigenvalue weighted by molar-refractivity contribution is 5.72. The fraction of sp³-hybridized carbons (Fsp3) is 0.727. The molecule has 1 aliphatic heterocycles. The minimum Gasteiger partial charge on any atom is -0.469 e. The number of rotatable bonds is 4. The Morgan fingerprint density at radius 1 is 1.65 bits per heavy atom. The van der Waals surface area contributed by atoms with Gasteiger partial charge in [0.15, 0.2) is 5.82 Å². The second-order valence-electron chi connectivity index (χ2n) is 4.20. The van der Waals surface area contributed by atoms with E-state index in [1.54, 1.807) is 0 Å². The predicted octanol–water partition coefficient (Wildman–Crippen LogP) is 0.627. The van der Waals surface area contributed by atoms with Crippen molar-refractivity contribution in [1.29, 1.82) is 0 Å². The molecule has 0 spiro atoms. The van der Waals surface area contributed by atoms with Gasteiger partial charge in [-0.05, 0) is 13.0 Å². The van der Waals surface area contributed by atoms with E-state index in [0.717, 1.165) is 25.2 Å². The van der Waals surface area contributed by atoms with Gasteiger partial charge in [-0.1, -0.05) is 12.1 Å². The molecule has 6 nitrogen and oxygen atoms in total. The van der Waals surface area contributed by atoms with Crippen molar-refractivity contribution in [2.45, 2.75) is 26.3 Å². The molecule has 94 valence electrons. The van der Waals surface area contributed by atoms with Gasteiger partial charge in [0, 0.05) is 13.0 Å². The summed E-state index contributed by atoms with van der Waals surface area (Å²) in [4.78, 5) is 17.7. The third-order valence-corrected chi connectivity index (χ3v) is 2.99. The SMILES string of the molecule is CCc1noc(CN2CCC(C(=O)OC)C2)n1. The summed E-state index contributed by atoms with van der Waals surface area (Å²) in [5, 5.41) is 3.84. The van der Waals surface area contributed by atoms with Crippen LogP contribution in [-0.4, -0.2) is 41.2 Å². The summed E-state index contributed by atoms with van der Waals surface area (Å²) in [7, 11) is 1.43. The van der Waals surface area contributed by atoms with Gasteiger partial charge in [0.05, 0.1) is 19.6 Å². The molecule has 1 aromatic heterocycles. The molecule has 0 aliphatic carbocycles. The zero-order chi connectivity index (χ0) is 12.3. The average Bonchev–Trinajstić information content (AvgIpc) is 2.97. The van der Waals surface area contributed by atoms with Crippen LogP contribution in [0, 0.1) is 5.92 Å². The maximum atomic E-state index is 11.4. The van der Waals surface area contributed by atoms with Crippen LogP contribution >= 0.6 is 0 Å². The van der Waals surface area contributed by atoms with E-state index in [2.05, 4.69) is 15.0 Å². The number of carbonyl (C=O) groups is 1. The Labute approximate surface area is 99.9 Å². The zero-order valence-electron chi connectivity index (χ0n) is 10.2. The average molecular weight is 239 g/mol. The number of hydrogen-bond acceptors (Lipinski definition) is 6. The van der Waals surface area contributed by atoms with Crippen LogP contribution in [0.5, 0.6) is 0 Å². The van der Waals surface area contributed by atoms with Gasteiger partial charge in [-0.25, -0.2) is 0 Å². The van der Waals surface area contributed by atoms with E-state index in [4.69, 9.17) is 9.26 Å². The molecule has 2 rings (SSSR count). The molecule has 1 saturated heterocycles. The van der Waals surface area contributed by atoms with Gasteiger partial charge in [0.1, 0.15) is 0 Å². The van der Waals surface area contributed by atoms with Crippen molar-refractivity contribution < 1.29 is 14.1 Å². The number of ether oxygens (including phenoxy) is 1. The Hall–Kier alpha value is -1.43. The van der Waals surface area contributed by atoms with Crippen LogP contribution in [0.4, 0.5) is 0 Å². The first-order chi connectivity index (χ1) is 8.22. The quantitative estimate of drug-likeness (QED) is 0.718. The molecule has 0 N–H and O–H groups in total. The first-order valence-corrected chi connectivity index (χ1v) is 5.84. The minimum absolute atomic E-state index is 0.0198. The summed E-state index contributed by atoms with van der Waals surface area (Å²) in [6, 6.07) is 0. The van der Waals surface area contributed by atoms with Crippen molar-refractivity contribution in [2.75, 3.05) is 20.2 Å². The number of nitrogens with zero attached hydrogens (tertiary/aromatic N) is 3. The molecule has 1 fully saturated rings. The Balaban J connectivity index is 1.87. The van der Waals surface area contributed by atoms with Crippen molar-refractivity contribution in [3.05, 3.63) is 11.7 Å². The zero-order valence-corrected chi connectivity index (χ0v) is 10.2. The number of aryl methyl sites for hydroxylation is 1. The van der Waals surface area contributed by atoms with Crippen molar-refractivity contribution >= 4 is 5.97 Å². The van der Waals surface area contributed by atoms with Crippen molar-refractivity contribution in [3.8, 4) is 0 Å². The monoisotopic (exact) mass is 239 g/mol. The summed E-state index contributed by atoms with van der Waals surface area (Å²) in [5.74, 6) is 1.19. The summed E-state index contributed by atoms with van der Waals surface area (Å²) < 4.78 is 9.86. The summed E-state index contributed by atoms with van der Waals surface area (Å²) >= 11 is 0. The van der Waals surface area contributed by atoms with Crippen molar-refractivity contribution in [2.24, 2.45) is 5.92 Å². The fourth-order valence-corrected chi connectivity index (χ4v) is 2.02. The first-order valence-electron chi connectivity index (χ1n) is 5.84. The lowest BCUT2D eigenvalue weighted by Gasteiger charge is -2.12. The van der Waals surface area contributed by atoms with Gasteiger partial charge in [0.2, 0.25) is 5.89 Å². The van der Waals surface area contributed by atoms with Gasteiger partial charge in [-0.2, -0.15) is 4.98 Å². The summed E-state index contributed by atoms with van der Waals surface area (Å²) in [5.41, 5.74) is 0. The molecule has 0 bridgehead atoms. The van der Waals surface area contributed by atoms with Gasteiger partial charge < -0.3 is 9.26 Å². The van der Waals surface area contributed by atoms with E-state index in [9.17, 15) is 4.79 Å². The van der Waals surface area contributed by atoms with Crippen LogP contribution in [0.1, 0.15) is 25.1 Å². The smallest absolute Gasteiger partial charge is 0.310 e. The maximum absolute atomic E-state index is 11.4. The lowest BCUT2D eigenvalue weighted by atomic mass is 10.1. The maximum Gasteiger partial charge on any atom is 0.310 e. The first kappa shape index (κ1) is 12.0. The molecule has 17 heavy (non-hydrogen) atoms. The number of likely N-dealkylation sites (tertiary alicyclic amines) is 1. The highest BCUT2D eigenvalue weighted by Gasteiger charge is 2.29. The standard InChI is InChI=1S/C11H17N3O3/c1-3-9-12-10(17-13-9)7-14-5-4-8(6-14)11(15)16-2/h8H,3-7H2,1-2H3. The van der Waals surface area contributed by atoms with Crippen LogP contribution in [-0.2, 0) is 22.5 Å². The molecule has 1 unspecified atom stereocenters. The van der Waals surface area contributed by atoms with Gasteiger partial charge in [0.25, 0.3) is 0 Å². The van der Waals surface area contributed by atoms with Crippen LogP contribution in [0.3, 0.4) is 0 Å². The number of methoxy groups -OCH3 is 1. The topological polar surface area (TPSA) is 68.5 Å². The van der Waals surface area contributed by atoms with Crippen molar-refractivity contribution in [1.82, 2.24) is 15.0 Å². The second-order valence-corrected chi connectivity index (χ2v) is 4.20. The number of hydrogen-bond donors (Lipinski definition) is 0. The van der Waals surface area contributed by atoms with Crippen LogP contribution in [0.15, 0.2) is 4.52 Å². The summed E-state index contributed by atoms with van der Waals surface area (Å²) in [6.45, 7) is 4.17. The summed E-state index contributed by atoms with van der Waals surface area (Å²) in [6.07, 6.45) is 1.61. The third-order valence-electron chi connectivity index (χ3n) is 2.99. The molecular weight excluding hydrogens is 222 g/mol. The molecular formula is C11H17N3O3. The third kappa shape index (κ3) is 2.82. The van der Waals surface area contributed by atoms with Crippen LogP contribution < -0.4 is 0 Å². The molecule has 0 saturated carbocycles. The normalized spacial score (nSPS) is 20.7. The van der Waals surface area contributed by atoms with Crippen LogP contribution in [0.2, 0.25) is 0 Å². The number of aromatic nitrogens is 2. The van der Waals surface area contributed by atoms with E-state index in [1.165, 1.54) is 7.11 Å². The highest BCUT2D eigenvalue weighted by Crippen LogP contribution is 2.19. The lowest BCUT2D eigenvalue weighted by Crippen LogP contribution is -2.23. The van der Waals surface area contributed by atoms with E-state index in [0.29, 0.717) is 19.0 Å². The lowest BCUT2D eigenvalue weighted by molar-refractivity contribution is -0.144. The molecule has 0 aromatic carbocycles. The fourth-order valence-electron chi connectivity index (χ4n) is 2.02. The van der Waals surface area contributed by atoms with E-state index >= 15 is 0 Å². The molecule has 6 heteroatoms. The van der Waals surface area contributed by atoms with Gasteiger partial charge >= 0.3 is 5.97 Å². The van der Waals surface area contributed by atoms with Gasteiger partial charge in [-0.3, -0.25) is 9.69 Å². The molecule has 2 heterocycles. The van der Waals surface area contributed by atoms with Crippen LogP contribution in [0.25, 0.3) is 0 Å². The Morgan fingerprint density at radius 3 is 3.12 bits per heavy atom. The molecule has 0 amide bonds. The van der Waals surface area contributed by atoms with Gasteiger partial charge in [-0.15, -0.1) is 0 Å². The predicted molar refractivity (Wildman–Crippen MR) is 59.1 cm³/mol. The Kier molecular flexibility index (Phi) is 3.73. The number of esters is 1. The second kappa shape index (κ2) is 5.27. The molecule has 1 aliphatic rings. The molecule has 1 atom stereocenters. The Bertz CT molecular complexity index is 391. The Morgan fingerprint density at radius 2 is 2.47 bits per heavy atom. The van der Waals surface area contributed by atoms with E-state index in [1.807, 2.05) is 6.92 Å². The largest absolute Gasteiger partial charge is 0.469 e. The molecule has 1 aromatic rings. The molecule has 0 radical (unpaired) electrons. The van der Waals surface area contributed by atoms with Crippen molar-refractivity contribution in [3.63, 3.8) is 0 Å². The minimum atomic E-state index is -0.132. The van der Waals surface area contributed by atoms with E-state index in [-0.39, 0.29) is 11.9 Å². The highest BCUT2D eigenvalue weighted by atomic mass is 16.5. The number of carbonyl (C=O) groups excluding carboxylic acids is 1.